The van der Waals surface area contributed by atoms with Gasteiger partial charge >= 0.3 is 0 Å². The van der Waals surface area contributed by atoms with Gasteiger partial charge in [0.15, 0.2) is 0 Å². The van der Waals surface area contributed by atoms with E-state index in [1.165, 1.54) is 13.1 Å². The van der Waals surface area contributed by atoms with Crippen LogP contribution in [0.15, 0.2) is 22.8 Å². The van der Waals surface area contributed by atoms with Gasteiger partial charge in [0.1, 0.15) is 5.76 Å². The van der Waals surface area contributed by atoms with Crippen LogP contribution in [0.4, 0.5) is 0 Å². The first-order valence-corrected chi connectivity index (χ1v) is 6.25. The van der Waals surface area contributed by atoms with Crippen molar-refractivity contribution < 1.29 is 4.42 Å². The van der Waals surface area contributed by atoms with E-state index in [-0.39, 0.29) is 0 Å². The quantitative estimate of drug-likeness (QED) is 0.825. The second-order valence-corrected chi connectivity index (χ2v) is 4.80. The maximum Gasteiger partial charge on any atom is 0.117 e. The zero-order valence-corrected chi connectivity index (χ0v) is 10.3. The van der Waals surface area contributed by atoms with Gasteiger partial charge in [-0.1, -0.05) is 13.8 Å². The predicted octanol–water partition coefficient (Wildman–Crippen LogP) is 1.96. The summed E-state index contributed by atoms with van der Waals surface area (Å²) in [5.41, 5.74) is 0. The van der Waals surface area contributed by atoms with Gasteiger partial charge in [0.25, 0.3) is 0 Å². The van der Waals surface area contributed by atoms with Gasteiger partial charge in [-0.25, -0.2) is 0 Å². The highest BCUT2D eigenvalue weighted by Crippen LogP contribution is 2.18. The average Bonchev–Trinajstić information content (AvgIpc) is 2.90. The molecule has 0 aliphatic carbocycles. The molecule has 1 aliphatic heterocycles. The number of nitrogens with one attached hydrogen (secondary N) is 1. The molecule has 1 fully saturated rings. The van der Waals surface area contributed by atoms with Crippen LogP contribution in [-0.2, 0) is 6.54 Å². The van der Waals surface area contributed by atoms with Gasteiger partial charge in [0.05, 0.1) is 12.8 Å². The predicted molar refractivity (Wildman–Crippen MR) is 65.2 cm³/mol. The van der Waals surface area contributed by atoms with Crippen LogP contribution in [-0.4, -0.2) is 31.1 Å². The summed E-state index contributed by atoms with van der Waals surface area (Å²) in [6, 6.07) is 4.02. The zero-order chi connectivity index (χ0) is 11.4. The molecule has 2 rings (SSSR count). The second-order valence-electron chi connectivity index (χ2n) is 4.80. The molecule has 0 radical (unpaired) electrons. The van der Waals surface area contributed by atoms with Crippen LogP contribution < -0.4 is 5.32 Å². The van der Waals surface area contributed by atoms with Crippen molar-refractivity contribution in [2.75, 3.05) is 26.2 Å². The largest absolute Gasteiger partial charge is 0.468 e. The minimum absolute atomic E-state index is 0.787. The first kappa shape index (κ1) is 11.7. The molecule has 3 heteroatoms. The fourth-order valence-corrected chi connectivity index (χ4v) is 2.37. The SMILES string of the molecule is CCN(Cc1ccco1)CC1CNCC1C. The van der Waals surface area contributed by atoms with E-state index in [2.05, 4.69) is 30.1 Å². The van der Waals surface area contributed by atoms with E-state index in [4.69, 9.17) is 4.42 Å². The van der Waals surface area contributed by atoms with E-state index >= 15 is 0 Å². The molecule has 2 heterocycles. The van der Waals surface area contributed by atoms with E-state index < -0.39 is 0 Å². The molecule has 2 unspecified atom stereocenters. The van der Waals surface area contributed by atoms with Crippen LogP contribution in [0.1, 0.15) is 19.6 Å². The molecule has 0 amide bonds. The Hall–Kier alpha value is -0.800. The summed E-state index contributed by atoms with van der Waals surface area (Å²) in [5.74, 6) is 2.65. The van der Waals surface area contributed by atoms with E-state index in [1.54, 1.807) is 6.26 Å². The summed E-state index contributed by atoms with van der Waals surface area (Å²) < 4.78 is 5.40. The monoisotopic (exact) mass is 222 g/mol. The van der Waals surface area contributed by atoms with E-state index in [0.29, 0.717) is 0 Å². The number of hydrogen-bond donors (Lipinski definition) is 1. The Morgan fingerprint density at radius 3 is 2.94 bits per heavy atom. The summed E-state index contributed by atoms with van der Waals surface area (Å²) in [4.78, 5) is 2.47. The van der Waals surface area contributed by atoms with Crippen LogP contribution in [0, 0.1) is 11.8 Å². The topological polar surface area (TPSA) is 28.4 Å². The van der Waals surface area contributed by atoms with Gasteiger partial charge in [0.2, 0.25) is 0 Å². The lowest BCUT2D eigenvalue weighted by molar-refractivity contribution is 0.206. The minimum atomic E-state index is 0.787. The lowest BCUT2D eigenvalue weighted by Gasteiger charge is -2.24. The highest BCUT2D eigenvalue weighted by Gasteiger charge is 2.24. The molecule has 0 saturated carbocycles. The molecule has 3 nitrogen and oxygen atoms in total. The normalized spacial score (nSPS) is 25.4. The number of hydrogen-bond acceptors (Lipinski definition) is 3. The maximum atomic E-state index is 5.40. The third-order valence-corrected chi connectivity index (χ3v) is 3.58. The summed E-state index contributed by atoms with van der Waals surface area (Å²) in [7, 11) is 0. The molecular formula is C13H22N2O. The Morgan fingerprint density at radius 1 is 1.50 bits per heavy atom. The van der Waals surface area contributed by atoms with Crippen LogP contribution in [0.25, 0.3) is 0 Å². The molecule has 0 bridgehead atoms. The van der Waals surface area contributed by atoms with Crippen molar-refractivity contribution in [2.24, 2.45) is 11.8 Å². The fraction of sp³-hybridized carbons (Fsp3) is 0.692. The standard InChI is InChI=1S/C13H22N2O/c1-3-15(10-13-5-4-6-16-13)9-12-8-14-7-11(12)2/h4-6,11-12,14H,3,7-10H2,1-2H3. The van der Waals surface area contributed by atoms with Crippen LogP contribution >= 0.6 is 0 Å². The summed E-state index contributed by atoms with van der Waals surface area (Å²) in [6.45, 7) is 10.1. The van der Waals surface area contributed by atoms with Crippen molar-refractivity contribution in [1.29, 1.82) is 0 Å². The zero-order valence-electron chi connectivity index (χ0n) is 10.3. The van der Waals surface area contributed by atoms with Gasteiger partial charge in [-0.2, -0.15) is 0 Å². The third kappa shape index (κ3) is 2.86. The molecule has 0 spiro atoms. The smallest absolute Gasteiger partial charge is 0.117 e. The van der Waals surface area contributed by atoms with Crippen molar-refractivity contribution in [3.05, 3.63) is 24.2 Å². The molecular weight excluding hydrogens is 200 g/mol. The maximum absolute atomic E-state index is 5.40. The number of rotatable bonds is 5. The lowest BCUT2D eigenvalue weighted by atomic mass is 9.97. The van der Waals surface area contributed by atoms with Crippen molar-refractivity contribution in [3.63, 3.8) is 0 Å². The number of nitrogens with zero attached hydrogens (tertiary/aromatic N) is 1. The Kier molecular flexibility index (Phi) is 4.02. The van der Waals surface area contributed by atoms with Crippen molar-refractivity contribution in [1.82, 2.24) is 10.2 Å². The van der Waals surface area contributed by atoms with Crippen molar-refractivity contribution >= 4 is 0 Å². The Balaban J connectivity index is 1.85. The van der Waals surface area contributed by atoms with E-state index in [1.807, 2.05) is 6.07 Å². The van der Waals surface area contributed by atoms with Gasteiger partial charge in [-0.3, -0.25) is 4.90 Å². The average molecular weight is 222 g/mol. The summed E-state index contributed by atoms with van der Waals surface area (Å²) in [5, 5.41) is 3.46. The lowest BCUT2D eigenvalue weighted by Crippen LogP contribution is -2.31. The second kappa shape index (κ2) is 5.51. The van der Waals surface area contributed by atoms with Crippen molar-refractivity contribution in [2.45, 2.75) is 20.4 Å². The van der Waals surface area contributed by atoms with Gasteiger partial charge < -0.3 is 9.73 Å². The van der Waals surface area contributed by atoms with Gasteiger partial charge in [-0.15, -0.1) is 0 Å². The third-order valence-electron chi connectivity index (χ3n) is 3.58. The Bertz CT molecular complexity index is 297. The molecule has 2 atom stereocenters. The Morgan fingerprint density at radius 2 is 2.38 bits per heavy atom. The molecule has 1 aliphatic rings. The highest BCUT2D eigenvalue weighted by molar-refractivity contribution is 4.98. The minimum Gasteiger partial charge on any atom is -0.468 e. The van der Waals surface area contributed by atoms with E-state index in [9.17, 15) is 0 Å². The van der Waals surface area contributed by atoms with E-state index in [0.717, 1.165) is 37.2 Å². The molecule has 1 N–H and O–H groups in total. The van der Waals surface area contributed by atoms with Crippen LogP contribution in [0.2, 0.25) is 0 Å². The van der Waals surface area contributed by atoms with Gasteiger partial charge in [-0.05, 0) is 43.6 Å². The first-order valence-electron chi connectivity index (χ1n) is 6.25. The molecule has 90 valence electrons. The molecule has 0 aromatic carbocycles. The van der Waals surface area contributed by atoms with Crippen LogP contribution in [0.3, 0.4) is 0 Å². The molecule has 1 aromatic rings. The number of furan rings is 1. The molecule has 1 saturated heterocycles. The summed E-state index contributed by atoms with van der Waals surface area (Å²) >= 11 is 0. The van der Waals surface area contributed by atoms with Crippen LogP contribution in [0.5, 0.6) is 0 Å². The fourth-order valence-electron chi connectivity index (χ4n) is 2.37. The first-order chi connectivity index (χ1) is 7.79. The Labute approximate surface area is 97.8 Å². The van der Waals surface area contributed by atoms with Gasteiger partial charge in [0, 0.05) is 6.54 Å². The summed E-state index contributed by atoms with van der Waals surface area (Å²) in [6.07, 6.45) is 1.75. The molecule has 1 aromatic heterocycles. The highest BCUT2D eigenvalue weighted by atomic mass is 16.3. The molecule has 16 heavy (non-hydrogen) atoms. The van der Waals surface area contributed by atoms with Crippen molar-refractivity contribution in [3.8, 4) is 0 Å².